The van der Waals surface area contributed by atoms with E-state index in [0.717, 1.165) is 16.9 Å². The predicted molar refractivity (Wildman–Crippen MR) is 118 cm³/mol. The molecule has 30 heavy (non-hydrogen) atoms. The summed E-state index contributed by atoms with van der Waals surface area (Å²) in [4.78, 5) is 12.9. The van der Waals surface area contributed by atoms with Gasteiger partial charge in [0.25, 0.3) is 5.91 Å². The van der Waals surface area contributed by atoms with Gasteiger partial charge in [-0.3, -0.25) is 4.79 Å². The Kier molecular flexibility index (Phi) is 7.47. The fraction of sp³-hybridized carbons (Fsp3) is 0.240. The predicted octanol–water partition coefficient (Wildman–Crippen LogP) is 6.58. The van der Waals surface area contributed by atoms with Crippen molar-refractivity contribution in [2.45, 2.75) is 32.9 Å². The van der Waals surface area contributed by atoms with Gasteiger partial charge in [0.2, 0.25) is 0 Å². The van der Waals surface area contributed by atoms with E-state index >= 15 is 0 Å². The van der Waals surface area contributed by atoms with E-state index in [1.807, 2.05) is 48.5 Å². The number of hydrogen-bond acceptors (Lipinski definition) is 2. The fourth-order valence-corrected chi connectivity index (χ4v) is 3.40. The second kappa shape index (κ2) is 10.3. The van der Waals surface area contributed by atoms with Gasteiger partial charge in [-0.1, -0.05) is 61.8 Å². The summed E-state index contributed by atoms with van der Waals surface area (Å²) in [6.45, 7) is 4.52. The monoisotopic (exact) mass is 425 g/mol. The Morgan fingerprint density at radius 1 is 1.03 bits per heavy atom. The molecule has 3 nitrogen and oxygen atoms in total. The minimum absolute atomic E-state index is 0.0514. The van der Waals surface area contributed by atoms with Crippen LogP contribution in [0.3, 0.4) is 0 Å². The number of benzene rings is 3. The molecule has 1 amide bonds. The minimum atomic E-state index is -0.471. The van der Waals surface area contributed by atoms with Crippen LogP contribution >= 0.6 is 11.6 Å². The second-order valence-corrected chi connectivity index (χ2v) is 8.04. The van der Waals surface area contributed by atoms with Gasteiger partial charge < -0.3 is 10.1 Å². The molecule has 0 spiro atoms. The molecular formula is C25H25ClFNO2. The van der Waals surface area contributed by atoms with Crippen molar-refractivity contribution in [3.63, 3.8) is 0 Å². The number of rotatable bonds is 8. The van der Waals surface area contributed by atoms with Crippen molar-refractivity contribution in [1.29, 1.82) is 0 Å². The molecule has 0 aromatic heterocycles. The molecule has 0 aliphatic heterocycles. The van der Waals surface area contributed by atoms with Crippen LogP contribution in [0.4, 0.5) is 4.39 Å². The quantitative estimate of drug-likeness (QED) is 0.443. The van der Waals surface area contributed by atoms with E-state index in [1.165, 1.54) is 6.07 Å². The molecule has 0 fully saturated rings. The second-order valence-electron chi connectivity index (χ2n) is 7.63. The van der Waals surface area contributed by atoms with Gasteiger partial charge in [0.1, 0.15) is 18.2 Å². The van der Waals surface area contributed by atoms with Gasteiger partial charge in [-0.2, -0.15) is 0 Å². The van der Waals surface area contributed by atoms with Crippen LogP contribution in [0.2, 0.25) is 5.02 Å². The van der Waals surface area contributed by atoms with E-state index in [4.69, 9.17) is 16.3 Å². The molecule has 0 saturated carbocycles. The topological polar surface area (TPSA) is 38.3 Å². The third kappa shape index (κ3) is 6.07. The van der Waals surface area contributed by atoms with Crippen molar-refractivity contribution < 1.29 is 13.9 Å². The first-order valence-corrected chi connectivity index (χ1v) is 10.3. The summed E-state index contributed by atoms with van der Waals surface area (Å²) in [6.07, 6.45) is 0.713. The molecule has 0 radical (unpaired) electrons. The van der Waals surface area contributed by atoms with Crippen LogP contribution in [0.25, 0.3) is 0 Å². The lowest BCUT2D eigenvalue weighted by molar-refractivity contribution is 0.0931. The zero-order valence-electron chi connectivity index (χ0n) is 17.1. The first-order valence-electron chi connectivity index (χ1n) is 9.95. The van der Waals surface area contributed by atoms with Crippen molar-refractivity contribution in [1.82, 2.24) is 5.32 Å². The number of ether oxygens (including phenoxy) is 1. The van der Waals surface area contributed by atoms with Gasteiger partial charge in [0.05, 0.1) is 11.1 Å². The maximum Gasteiger partial charge on any atom is 0.251 e. The Morgan fingerprint density at radius 3 is 2.50 bits per heavy atom. The number of halogens is 2. The highest BCUT2D eigenvalue weighted by Gasteiger charge is 2.18. The Bertz CT molecular complexity index is 991. The Morgan fingerprint density at radius 2 is 1.80 bits per heavy atom. The molecule has 0 aliphatic rings. The number of carbonyl (C=O) groups is 1. The first kappa shape index (κ1) is 21.8. The number of hydrogen-bond donors (Lipinski definition) is 1. The van der Waals surface area contributed by atoms with E-state index in [-0.39, 0.29) is 17.0 Å². The standard InChI is InChI=1S/C25H25ClFNO2/c1-17(2)13-24(19-11-12-23(27)22(26)15-19)28-25(29)20-8-6-7-18(14-20)16-30-21-9-4-3-5-10-21/h3-12,14-15,17,24H,13,16H2,1-2H3,(H,28,29). The van der Waals surface area contributed by atoms with Crippen molar-refractivity contribution >= 4 is 17.5 Å². The van der Waals surface area contributed by atoms with Gasteiger partial charge in [0, 0.05) is 5.56 Å². The van der Waals surface area contributed by atoms with Crippen molar-refractivity contribution in [2.75, 3.05) is 0 Å². The van der Waals surface area contributed by atoms with Gasteiger partial charge in [-0.05, 0) is 59.9 Å². The SMILES string of the molecule is CC(C)CC(NC(=O)c1cccc(COc2ccccc2)c1)c1ccc(F)c(Cl)c1. The van der Waals surface area contributed by atoms with Gasteiger partial charge in [0.15, 0.2) is 0 Å². The van der Waals surface area contributed by atoms with E-state index in [0.29, 0.717) is 24.5 Å². The molecule has 0 saturated heterocycles. The van der Waals surface area contributed by atoms with Crippen LogP contribution in [0.1, 0.15) is 47.8 Å². The molecule has 5 heteroatoms. The van der Waals surface area contributed by atoms with Crippen LogP contribution in [0.5, 0.6) is 5.75 Å². The molecule has 0 heterocycles. The zero-order valence-corrected chi connectivity index (χ0v) is 17.8. The third-order valence-corrected chi connectivity index (χ3v) is 4.99. The molecule has 3 rings (SSSR count). The average molecular weight is 426 g/mol. The number of carbonyl (C=O) groups excluding carboxylic acids is 1. The summed E-state index contributed by atoms with van der Waals surface area (Å²) in [5.74, 6) is 0.450. The van der Waals surface area contributed by atoms with E-state index in [2.05, 4.69) is 19.2 Å². The molecule has 3 aromatic rings. The van der Waals surface area contributed by atoms with Crippen LogP contribution in [0.15, 0.2) is 72.8 Å². The van der Waals surface area contributed by atoms with E-state index < -0.39 is 5.82 Å². The molecule has 1 unspecified atom stereocenters. The highest BCUT2D eigenvalue weighted by atomic mass is 35.5. The molecule has 1 N–H and O–H groups in total. The highest BCUT2D eigenvalue weighted by molar-refractivity contribution is 6.30. The summed E-state index contributed by atoms with van der Waals surface area (Å²) in [7, 11) is 0. The van der Waals surface area contributed by atoms with Gasteiger partial charge >= 0.3 is 0 Å². The van der Waals surface area contributed by atoms with Crippen LogP contribution in [-0.4, -0.2) is 5.91 Å². The van der Waals surface area contributed by atoms with Crippen LogP contribution in [-0.2, 0) is 6.61 Å². The lowest BCUT2D eigenvalue weighted by Crippen LogP contribution is -2.29. The average Bonchev–Trinajstić information content (AvgIpc) is 2.74. The summed E-state index contributed by atoms with van der Waals surface area (Å²) in [5.41, 5.74) is 2.23. The molecule has 3 aromatic carbocycles. The molecule has 156 valence electrons. The highest BCUT2D eigenvalue weighted by Crippen LogP contribution is 2.26. The Balaban J connectivity index is 1.72. The molecular weight excluding hydrogens is 401 g/mol. The summed E-state index contributed by atoms with van der Waals surface area (Å²) in [6, 6.07) is 21.2. The zero-order chi connectivity index (χ0) is 21.5. The van der Waals surface area contributed by atoms with Crippen molar-refractivity contribution in [2.24, 2.45) is 5.92 Å². The van der Waals surface area contributed by atoms with Gasteiger partial charge in [-0.15, -0.1) is 0 Å². The largest absolute Gasteiger partial charge is 0.489 e. The number of nitrogens with one attached hydrogen (secondary N) is 1. The Hall–Kier alpha value is -2.85. The van der Waals surface area contributed by atoms with Gasteiger partial charge in [-0.25, -0.2) is 4.39 Å². The fourth-order valence-electron chi connectivity index (χ4n) is 3.21. The minimum Gasteiger partial charge on any atom is -0.489 e. The lowest BCUT2D eigenvalue weighted by Gasteiger charge is -2.22. The maximum atomic E-state index is 13.6. The van der Waals surface area contributed by atoms with Crippen molar-refractivity contribution in [3.05, 3.63) is 100 Å². The summed E-state index contributed by atoms with van der Waals surface area (Å²) >= 11 is 5.95. The van der Waals surface area contributed by atoms with E-state index in [9.17, 15) is 9.18 Å². The smallest absolute Gasteiger partial charge is 0.251 e. The molecule has 0 aliphatic carbocycles. The first-order chi connectivity index (χ1) is 14.4. The third-order valence-electron chi connectivity index (χ3n) is 4.70. The van der Waals surface area contributed by atoms with Crippen molar-refractivity contribution in [3.8, 4) is 5.75 Å². The number of amides is 1. The summed E-state index contributed by atoms with van der Waals surface area (Å²) in [5, 5.41) is 3.12. The number of para-hydroxylation sites is 1. The van der Waals surface area contributed by atoms with Crippen LogP contribution < -0.4 is 10.1 Å². The van der Waals surface area contributed by atoms with E-state index in [1.54, 1.807) is 18.2 Å². The maximum absolute atomic E-state index is 13.6. The molecule has 1 atom stereocenters. The normalized spacial score (nSPS) is 11.9. The Labute approximate surface area is 181 Å². The molecule has 0 bridgehead atoms. The summed E-state index contributed by atoms with van der Waals surface area (Å²) < 4.78 is 19.3. The van der Waals surface area contributed by atoms with Crippen LogP contribution in [0, 0.1) is 11.7 Å². The lowest BCUT2D eigenvalue weighted by atomic mass is 9.96.